The lowest BCUT2D eigenvalue weighted by molar-refractivity contribution is 0.182. The third-order valence-electron chi connectivity index (χ3n) is 14.1. The SMILES string of the molecule is C/C=C/CC1CC2CC1C(C)C2C.C=CCCC1CC2CC1C(C)C2C.CC/C=C/C1CC2CC1C(C)C2C. The van der Waals surface area contributed by atoms with Gasteiger partial charge in [-0.15, -0.1) is 6.58 Å². The third kappa shape index (κ3) is 6.67. The Morgan fingerprint density at radius 3 is 1.59 bits per heavy atom. The van der Waals surface area contributed by atoms with Crippen molar-refractivity contribution in [2.24, 2.45) is 88.8 Å². The summed E-state index contributed by atoms with van der Waals surface area (Å²) in [5.74, 6) is 15.3. The first-order valence-corrected chi connectivity index (χ1v) is 17.6. The zero-order valence-electron chi connectivity index (χ0n) is 27.3. The highest BCUT2D eigenvalue weighted by Gasteiger charge is 2.49. The Morgan fingerprint density at radius 2 is 1.13 bits per heavy atom. The molecule has 0 saturated heterocycles. The van der Waals surface area contributed by atoms with Crippen molar-refractivity contribution >= 4 is 0 Å². The summed E-state index contributed by atoms with van der Waals surface area (Å²) in [4.78, 5) is 0. The van der Waals surface area contributed by atoms with Crippen molar-refractivity contribution in [3.63, 3.8) is 0 Å². The average Bonchev–Trinajstić information content (AvgIpc) is 3.77. The summed E-state index contributed by atoms with van der Waals surface area (Å²) in [6, 6.07) is 0. The van der Waals surface area contributed by atoms with E-state index in [1.54, 1.807) is 0 Å². The molecule has 6 saturated carbocycles. The molecule has 6 aliphatic rings. The Balaban J connectivity index is 0.000000136. The first-order valence-electron chi connectivity index (χ1n) is 17.6. The second kappa shape index (κ2) is 13.9. The van der Waals surface area contributed by atoms with Crippen molar-refractivity contribution in [2.75, 3.05) is 0 Å². The van der Waals surface area contributed by atoms with Gasteiger partial charge >= 0.3 is 0 Å². The van der Waals surface area contributed by atoms with E-state index >= 15 is 0 Å². The van der Waals surface area contributed by atoms with Crippen LogP contribution in [0.25, 0.3) is 0 Å². The number of rotatable bonds is 7. The topological polar surface area (TPSA) is 0 Å². The lowest BCUT2D eigenvalue weighted by Gasteiger charge is -2.31. The van der Waals surface area contributed by atoms with E-state index in [2.05, 4.69) is 92.3 Å². The van der Waals surface area contributed by atoms with Crippen molar-refractivity contribution in [2.45, 2.75) is 120 Å². The highest BCUT2D eigenvalue weighted by Crippen LogP contribution is 2.57. The summed E-state index contributed by atoms with van der Waals surface area (Å²) >= 11 is 0. The lowest BCUT2D eigenvalue weighted by Crippen LogP contribution is -2.24. The van der Waals surface area contributed by atoms with Gasteiger partial charge in [0, 0.05) is 0 Å². The maximum Gasteiger partial charge on any atom is -0.0200 e. The third-order valence-corrected chi connectivity index (χ3v) is 14.1. The zero-order valence-corrected chi connectivity index (χ0v) is 27.3. The number of fused-ring (bicyclic) bond motifs is 6. The monoisotopic (exact) mass is 535 g/mol. The standard InChI is InChI=1S/3C13H22/c3*1-4-5-6-11-7-12-8-13(11)10(3)9(12)2/h5-6,9-13H,4,7-8H2,1-3H3;4-5,9-13H,6-8H2,1-3H3;4,9-13H,1,5-8H2,2-3H3/b6-5+;5-4+;. The van der Waals surface area contributed by atoms with Gasteiger partial charge in [0.05, 0.1) is 0 Å². The van der Waals surface area contributed by atoms with E-state index in [9.17, 15) is 0 Å². The van der Waals surface area contributed by atoms with Gasteiger partial charge in [0.25, 0.3) is 0 Å². The lowest BCUT2D eigenvalue weighted by atomic mass is 9.74. The van der Waals surface area contributed by atoms with Crippen molar-refractivity contribution in [1.29, 1.82) is 0 Å². The second-order valence-electron chi connectivity index (χ2n) is 15.5. The molecule has 222 valence electrons. The highest BCUT2D eigenvalue weighted by atomic mass is 14.5. The van der Waals surface area contributed by atoms with Crippen LogP contribution in [0.1, 0.15) is 120 Å². The minimum atomic E-state index is 0.927. The van der Waals surface area contributed by atoms with E-state index in [0.717, 1.165) is 88.8 Å². The van der Waals surface area contributed by atoms with Gasteiger partial charge < -0.3 is 0 Å². The molecule has 6 bridgehead atoms. The summed E-state index contributed by atoms with van der Waals surface area (Å²) < 4.78 is 0. The molecule has 6 fully saturated rings. The fourth-order valence-corrected chi connectivity index (χ4v) is 11.0. The molecule has 0 heteroatoms. The van der Waals surface area contributed by atoms with E-state index in [4.69, 9.17) is 0 Å². The molecule has 0 aromatic carbocycles. The van der Waals surface area contributed by atoms with Crippen LogP contribution in [0.2, 0.25) is 0 Å². The molecule has 0 spiro atoms. The van der Waals surface area contributed by atoms with Crippen LogP contribution in [-0.4, -0.2) is 0 Å². The molecule has 15 atom stereocenters. The van der Waals surface area contributed by atoms with Crippen molar-refractivity contribution < 1.29 is 0 Å². The second-order valence-corrected chi connectivity index (χ2v) is 15.5. The van der Waals surface area contributed by atoms with Gasteiger partial charge in [0.2, 0.25) is 0 Å². The predicted octanol–water partition coefficient (Wildman–Crippen LogP) is 11.6. The van der Waals surface area contributed by atoms with Crippen LogP contribution in [0.5, 0.6) is 0 Å². The number of hydrogen-bond acceptors (Lipinski definition) is 0. The molecule has 6 aliphatic carbocycles. The summed E-state index contributed by atoms with van der Waals surface area (Å²) in [7, 11) is 0. The van der Waals surface area contributed by atoms with E-state index in [1.807, 2.05) is 0 Å². The van der Waals surface area contributed by atoms with Crippen LogP contribution < -0.4 is 0 Å². The average molecular weight is 535 g/mol. The molecule has 0 nitrogen and oxygen atoms in total. The van der Waals surface area contributed by atoms with E-state index in [0.29, 0.717) is 0 Å². The molecule has 0 heterocycles. The number of hydrogen-bond donors (Lipinski definition) is 0. The molecule has 39 heavy (non-hydrogen) atoms. The van der Waals surface area contributed by atoms with Gasteiger partial charge in [-0.25, -0.2) is 0 Å². The van der Waals surface area contributed by atoms with Crippen LogP contribution in [0.3, 0.4) is 0 Å². The smallest absolute Gasteiger partial charge is 0.0200 e. The molecule has 0 N–H and O–H groups in total. The van der Waals surface area contributed by atoms with Crippen LogP contribution in [-0.2, 0) is 0 Å². The van der Waals surface area contributed by atoms with Crippen LogP contribution in [0, 0.1) is 88.8 Å². The van der Waals surface area contributed by atoms with Gasteiger partial charge in [-0.05, 0) is 160 Å². The summed E-state index contributed by atoms with van der Waals surface area (Å²) in [6.07, 6.45) is 25.8. The Morgan fingerprint density at radius 1 is 0.615 bits per heavy atom. The molecule has 0 radical (unpaired) electrons. The summed E-state index contributed by atoms with van der Waals surface area (Å²) in [5.41, 5.74) is 0. The summed E-state index contributed by atoms with van der Waals surface area (Å²) in [5, 5.41) is 0. The molecule has 0 aliphatic heterocycles. The molecular formula is C39H66. The van der Waals surface area contributed by atoms with E-state index in [1.165, 1.54) is 64.2 Å². The maximum absolute atomic E-state index is 3.82. The van der Waals surface area contributed by atoms with E-state index in [-0.39, 0.29) is 0 Å². The molecule has 0 amide bonds. The van der Waals surface area contributed by atoms with Crippen molar-refractivity contribution in [3.8, 4) is 0 Å². The Kier molecular flexibility index (Phi) is 11.1. The normalized spacial score (nSPS) is 49.0. The Bertz CT molecular complexity index is 812. The van der Waals surface area contributed by atoms with Crippen LogP contribution in [0.4, 0.5) is 0 Å². The summed E-state index contributed by atoms with van der Waals surface area (Å²) in [6.45, 7) is 23.0. The first-order chi connectivity index (χ1) is 18.7. The fourth-order valence-electron chi connectivity index (χ4n) is 11.0. The highest BCUT2D eigenvalue weighted by molar-refractivity contribution is 5.05. The predicted molar refractivity (Wildman–Crippen MR) is 172 cm³/mol. The number of allylic oxidation sites excluding steroid dienone is 5. The Labute approximate surface area is 245 Å². The molecular weight excluding hydrogens is 468 g/mol. The van der Waals surface area contributed by atoms with Crippen LogP contribution in [0.15, 0.2) is 37.0 Å². The molecule has 0 aromatic rings. The molecule has 6 rings (SSSR count). The minimum absolute atomic E-state index is 0.927. The van der Waals surface area contributed by atoms with Gasteiger partial charge in [-0.2, -0.15) is 0 Å². The van der Waals surface area contributed by atoms with E-state index < -0.39 is 0 Å². The Hall–Kier alpha value is -0.780. The van der Waals surface area contributed by atoms with Gasteiger partial charge in [-0.3, -0.25) is 0 Å². The van der Waals surface area contributed by atoms with Crippen molar-refractivity contribution in [3.05, 3.63) is 37.0 Å². The fraction of sp³-hybridized carbons (Fsp3) is 0.846. The van der Waals surface area contributed by atoms with Gasteiger partial charge in [-0.1, -0.05) is 78.8 Å². The van der Waals surface area contributed by atoms with Gasteiger partial charge in [0.15, 0.2) is 0 Å². The van der Waals surface area contributed by atoms with Crippen molar-refractivity contribution in [1.82, 2.24) is 0 Å². The minimum Gasteiger partial charge on any atom is -0.103 e. The molecule has 15 unspecified atom stereocenters. The quantitative estimate of drug-likeness (QED) is 0.285. The zero-order chi connectivity index (χ0) is 28.3. The maximum atomic E-state index is 3.82. The van der Waals surface area contributed by atoms with Gasteiger partial charge in [0.1, 0.15) is 0 Å². The first kappa shape index (κ1) is 31.2. The van der Waals surface area contributed by atoms with Crippen LogP contribution >= 0.6 is 0 Å². The largest absolute Gasteiger partial charge is 0.103 e. The molecule has 0 aromatic heterocycles.